The summed E-state index contributed by atoms with van der Waals surface area (Å²) < 4.78 is 0. The number of carboxylic acid groups (broad SMARTS) is 1. The molecule has 0 bridgehead atoms. The molecule has 1 unspecified atom stereocenters. The molecule has 0 heterocycles. The van der Waals surface area contributed by atoms with Crippen LogP contribution in [0.1, 0.15) is 20.3 Å². The second-order valence-corrected chi connectivity index (χ2v) is 2.57. The average molecular weight is 183 g/mol. The first-order chi connectivity index (χ1) is 4.04. The summed E-state index contributed by atoms with van der Waals surface area (Å²) in [6, 6.07) is -0.690. The van der Waals surface area contributed by atoms with Crippen LogP contribution >= 0.6 is 0 Å². The number of hydrogen-bond donors (Lipinski definition) is 2. The van der Waals surface area contributed by atoms with Crippen molar-refractivity contribution in [3.8, 4) is 0 Å². The number of carbonyl (C=O) groups is 1. The zero-order valence-corrected chi connectivity index (χ0v) is 7.48. The summed E-state index contributed by atoms with van der Waals surface area (Å²) in [7, 11) is 0. The van der Waals surface area contributed by atoms with E-state index in [-0.39, 0.29) is 17.4 Å². The van der Waals surface area contributed by atoms with E-state index in [1.165, 1.54) is 0 Å². The fourth-order valence-corrected chi connectivity index (χ4v) is 0.609. The van der Waals surface area contributed by atoms with Crippen LogP contribution in [0.2, 0.25) is 0 Å². The smallest absolute Gasteiger partial charge is 0.320 e. The van der Waals surface area contributed by atoms with Crippen LogP contribution in [0.4, 0.5) is 0 Å². The molecule has 0 aliphatic rings. The van der Waals surface area contributed by atoms with E-state index in [1.54, 1.807) is 0 Å². The van der Waals surface area contributed by atoms with Crippen molar-refractivity contribution in [2.24, 2.45) is 11.7 Å². The van der Waals surface area contributed by atoms with Crippen LogP contribution < -0.4 is 5.73 Å². The molecule has 0 saturated heterocycles. The molecule has 0 saturated carbocycles. The van der Waals surface area contributed by atoms with Gasteiger partial charge in [0.25, 0.3) is 0 Å². The zero-order valence-electron chi connectivity index (χ0n) is 6.20. The van der Waals surface area contributed by atoms with Crippen molar-refractivity contribution in [2.75, 3.05) is 0 Å². The summed E-state index contributed by atoms with van der Waals surface area (Å²) >= 11 is 0. The second-order valence-electron chi connectivity index (χ2n) is 2.57. The molecular formula is C6H13CrNO2. The van der Waals surface area contributed by atoms with Gasteiger partial charge in [-0.25, -0.2) is 0 Å². The Bertz CT molecular complexity index is 106. The van der Waals surface area contributed by atoms with Crippen molar-refractivity contribution in [3.05, 3.63) is 0 Å². The average Bonchev–Trinajstić information content (AvgIpc) is 1.63. The Morgan fingerprint density at radius 3 is 2.10 bits per heavy atom. The van der Waals surface area contributed by atoms with Crippen LogP contribution in [-0.2, 0) is 22.2 Å². The van der Waals surface area contributed by atoms with Gasteiger partial charge in [-0.05, 0) is 12.3 Å². The molecule has 0 rings (SSSR count). The van der Waals surface area contributed by atoms with Crippen LogP contribution in [0.3, 0.4) is 0 Å². The molecule has 0 aliphatic carbocycles. The topological polar surface area (TPSA) is 63.3 Å². The number of aliphatic carboxylic acids is 1. The minimum Gasteiger partial charge on any atom is -0.480 e. The molecular weight excluding hydrogens is 170 g/mol. The SMILES string of the molecule is CC(C)CC(N)C(=O)O.[Cr]. The van der Waals surface area contributed by atoms with Gasteiger partial charge in [-0.15, -0.1) is 0 Å². The third-order valence-electron chi connectivity index (χ3n) is 1.04. The van der Waals surface area contributed by atoms with Gasteiger partial charge >= 0.3 is 5.97 Å². The van der Waals surface area contributed by atoms with Gasteiger partial charge in [-0.3, -0.25) is 4.79 Å². The summed E-state index contributed by atoms with van der Waals surface area (Å²) in [5.41, 5.74) is 5.22. The van der Waals surface area contributed by atoms with Gasteiger partial charge in [0.15, 0.2) is 0 Å². The van der Waals surface area contributed by atoms with Crippen LogP contribution in [0.25, 0.3) is 0 Å². The van der Waals surface area contributed by atoms with Gasteiger partial charge in [-0.2, -0.15) is 0 Å². The first-order valence-electron chi connectivity index (χ1n) is 3.02. The van der Waals surface area contributed by atoms with Crippen molar-refractivity contribution < 1.29 is 27.3 Å². The molecule has 10 heavy (non-hydrogen) atoms. The third kappa shape index (κ3) is 6.09. The summed E-state index contributed by atoms with van der Waals surface area (Å²) in [5, 5.41) is 8.31. The Balaban J connectivity index is 0. The fraction of sp³-hybridized carbons (Fsp3) is 0.833. The third-order valence-corrected chi connectivity index (χ3v) is 1.04. The van der Waals surface area contributed by atoms with E-state index >= 15 is 0 Å². The molecule has 0 amide bonds. The van der Waals surface area contributed by atoms with E-state index in [2.05, 4.69) is 0 Å². The monoisotopic (exact) mass is 183 g/mol. The summed E-state index contributed by atoms with van der Waals surface area (Å²) in [4.78, 5) is 10.1. The Kier molecular flexibility index (Phi) is 7.23. The molecule has 3 nitrogen and oxygen atoms in total. The number of hydrogen-bond acceptors (Lipinski definition) is 2. The molecule has 1 atom stereocenters. The standard InChI is InChI=1S/C6H13NO2.Cr/c1-4(2)3-5(7)6(8)9;/h4-5H,3,7H2,1-2H3,(H,8,9);. The number of carboxylic acids is 1. The maximum atomic E-state index is 10.1. The summed E-state index contributed by atoms with van der Waals surface area (Å²) in [6.07, 6.45) is 0.551. The Labute approximate surface area is 71.7 Å². The van der Waals surface area contributed by atoms with Crippen molar-refractivity contribution in [3.63, 3.8) is 0 Å². The summed E-state index contributed by atoms with van der Waals surface area (Å²) in [5.74, 6) is -0.556. The fourth-order valence-electron chi connectivity index (χ4n) is 0.609. The minimum absolute atomic E-state index is 0. The van der Waals surface area contributed by atoms with E-state index in [1.807, 2.05) is 13.8 Å². The van der Waals surface area contributed by atoms with E-state index in [4.69, 9.17) is 10.8 Å². The van der Waals surface area contributed by atoms with Gasteiger partial charge in [0.1, 0.15) is 6.04 Å². The number of nitrogens with two attached hydrogens (primary N) is 1. The van der Waals surface area contributed by atoms with Gasteiger partial charge in [0.2, 0.25) is 0 Å². The zero-order chi connectivity index (χ0) is 7.44. The molecule has 0 fully saturated rings. The maximum Gasteiger partial charge on any atom is 0.320 e. The Morgan fingerprint density at radius 1 is 1.60 bits per heavy atom. The van der Waals surface area contributed by atoms with Gasteiger partial charge in [-0.1, -0.05) is 13.8 Å². The van der Waals surface area contributed by atoms with Crippen LogP contribution in [0, 0.1) is 5.92 Å². The molecule has 0 radical (unpaired) electrons. The Hall–Kier alpha value is -0.0375. The largest absolute Gasteiger partial charge is 0.480 e. The molecule has 60 valence electrons. The van der Waals surface area contributed by atoms with E-state index < -0.39 is 12.0 Å². The second kappa shape index (κ2) is 5.73. The molecule has 4 heteroatoms. The predicted octanol–water partition coefficient (Wildman–Crippen LogP) is 0.442. The summed E-state index contributed by atoms with van der Waals surface area (Å²) in [6.45, 7) is 3.89. The molecule has 3 N–H and O–H groups in total. The Morgan fingerprint density at radius 2 is 2.00 bits per heavy atom. The van der Waals surface area contributed by atoms with Gasteiger partial charge in [0, 0.05) is 17.4 Å². The first-order valence-corrected chi connectivity index (χ1v) is 3.02. The molecule has 0 aromatic rings. The van der Waals surface area contributed by atoms with Gasteiger partial charge in [0.05, 0.1) is 0 Å². The van der Waals surface area contributed by atoms with E-state index in [0.29, 0.717) is 12.3 Å². The molecule has 0 aliphatic heterocycles. The van der Waals surface area contributed by atoms with Crippen molar-refractivity contribution in [2.45, 2.75) is 26.3 Å². The van der Waals surface area contributed by atoms with E-state index in [9.17, 15) is 4.79 Å². The van der Waals surface area contributed by atoms with Crippen molar-refractivity contribution in [1.29, 1.82) is 0 Å². The molecule has 0 spiro atoms. The molecule has 0 aromatic carbocycles. The van der Waals surface area contributed by atoms with Crippen molar-refractivity contribution >= 4 is 5.97 Å². The number of rotatable bonds is 3. The quantitative estimate of drug-likeness (QED) is 0.667. The van der Waals surface area contributed by atoms with Crippen LogP contribution in [-0.4, -0.2) is 17.1 Å². The normalized spacial score (nSPS) is 12.4. The van der Waals surface area contributed by atoms with Crippen LogP contribution in [0.15, 0.2) is 0 Å². The van der Waals surface area contributed by atoms with Crippen LogP contribution in [0.5, 0.6) is 0 Å². The molecule has 0 aromatic heterocycles. The minimum atomic E-state index is -0.913. The van der Waals surface area contributed by atoms with Crippen molar-refractivity contribution in [1.82, 2.24) is 0 Å². The van der Waals surface area contributed by atoms with Gasteiger partial charge < -0.3 is 10.8 Å². The van der Waals surface area contributed by atoms with E-state index in [0.717, 1.165) is 0 Å². The predicted molar refractivity (Wildman–Crippen MR) is 35.1 cm³/mol. The first kappa shape index (κ1) is 12.6. The maximum absolute atomic E-state index is 10.1.